The Morgan fingerprint density at radius 3 is 2.56 bits per heavy atom. The van der Waals surface area contributed by atoms with Crippen molar-refractivity contribution in [1.82, 2.24) is 10.2 Å². The molecule has 2 heterocycles. The van der Waals surface area contributed by atoms with Crippen LogP contribution in [0.2, 0.25) is 0 Å². The maximum atomic E-state index is 12.2. The molecule has 0 spiro atoms. The molecule has 25 heavy (non-hydrogen) atoms. The number of nitrogens with one attached hydrogen (secondary N) is 1. The second-order valence-electron chi connectivity index (χ2n) is 6.08. The minimum Gasteiger partial charge on any atom is -0.497 e. The molecule has 3 rings (SSSR count). The van der Waals surface area contributed by atoms with E-state index in [0.29, 0.717) is 12.3 Å². The predicted molar refractivity (Wildman–Crippen MR) is 99.4 cm³/mol. The van der Waals surface area contributed by atoms with Crippen molar-refractivity contribution in [3.05, 3.63) is 46.7 Å². The van der Waals surface area contributed by atoms with Gasteiger partial charge in [0, 0.05) is 6.54 Å². The summed E-state index contributed by atoms with van der Waals surface area (Å²) < 4.78 is 10.6. The van der Waals surface area contributed by atoms with Crippen LogP contribution in [-0.2, 0) is 4.79 Å². The van der Waals surface area contributed by atoms with E-state index < -0.39 is 0 Å². The van der Waals surface area contributed by atoms with E-state index in [1.54, 1.807) is 30.6 Å². The Kier molecular flexibility index (Phi) is 6.30. The average Bonchev–Trinajstić information content (AvgIpc) is 3.35. The van der Waals surface area contributed by atoms with Gasteiger partial charge in [0.2, 0.25) is 0 Å². The maximum Gasteiger partial charge on any atom is 0.258 e. The molecule has 1 N–H and O–H groups in total. The Morgan fingerprint density at radius 1 is 1.20 bits per heavy atom. The number of carbonyl (C=O) groups excluding carboxylic acids is 1. The summed E-state index contributed by atoms with van der Waals surface area (Å²) in [6.07, 6.45) is 2.46. The molecule has 0 aliphatic carbocycles. The van der Waals surface area contributed by atoms with Crippen LogP contribution in [0, 0.1) is 0 Å². The number of thiophene rings is 1. The largest absolute Gasteiger partial charge is 0.497 e. The van der Waals surface area contributed by atoms with Crippen LogP contribution in [0.15, 0.2) is 41.1 Å². The van der Waals surface area contributed by atoms with E-state index in [-0.39, 0.29) is 18.6 Å². The number of methoxy groups -OCH3 is 1. The summed E-state index contributed by atoms with van der Waals surface area (Å²) in [5.74, 6) is 1.32. The van der Waals surface area contributed by atoms with Crippen molar-refractivity contribution in [2.24, 2.45) is 0 Å². The molecule has 0 bridgehead atoms. The molecule has 1 aromatic carbocycles. The topological polar surface area (TPSA) is 50.8 Å². The van der Waals surface area contributed by atoms with E-state index >= 15 is 0 Å². The fraction of sp³-hybridized carbons (Fsp3) is 0.421. The molecule has 1 atom stereocenters. The lowest BCUT2D eigenvalue weighted by atomic mass is 10.1. The smallest absolute Gasteiger partial charge is 0.258 e. The lowest BCUT2D eigenvalue weighted by Crippen LogP contribution is -2.38. The minimum absolute atomic E-state index is 0.0166. The first-order valence-corrected chi connectivity index (χ1v) is 9.50. The molecule has 0 radical (unpaired) electrons. The first-order valence-electron chi connectivity index (χ1n) is 8.56. The summed E-state index contributed by atoms with van der Waals surface area (Å²) in [5.41, 5.74) is 1.28. The van der Waals surface area contributed by atoms with E-state index in [9.17, 15) is 4.79 Å². The molecule has 5 nitrogen and oxygen atoms in total. The quantitative estimate of drug-likeness (QED) is 0.786. The fourth-order valence-electron chi connectivity index (χ4n) is 3.06. The summed E-state index contributed by atoms with van der Waals surface area (Å²) in [6.45, 7) is 2.82. The van der Waals surface area contributed by atoms with Gasteiger partial charge in [0.1, 0.15) is 11.5 Å². The number of hydrogen-bond acceptors (Lipinski definition) is 5. The van der Waals surface area contributed by atoms with Crippen LogP contribution in [0.25, 0.3) is 0 Å². The molecule has 134 valence electrons. The Morgan fingerprint density at radius 2 is 1.92 bits per heavy atom. The Hall–Kier alpha value is -2.05. The van der Waals surface area contributed by atoms with E-state index in [1.807, 2.05) is 12.1 Å². The highest BCUT2D eigenvalue weighted by Gasteiger charge is 2.24. The number of likely N-dealkylation sites (tertiary alicyclic amines) is 1. The van der Waals surface area contributed by atoms with Crippen molar-refractivity contribution < 1.29 is 14.3 Å². The van der Waals surface area contributed by atoms with Gasteiger partial charge in [0.05, 0.1) is 13.2 Å². The van der Waals surface area contributed by atoms with Gasteiger partial charge in [-0.15, -0.1) is 0 Å². The molecular weight excluding hydrogens is 336 g/mol. The summed E-state index contributed by atoms with van der Waals surface area (Å²) in [7, 11) is 1.62. The molecule has 1 fully saturated rings. The molecule has 1 aliphatic rings. The van der Waals surface area contributed by atoms with Crippen LogP contribution in [0.1, 0.15) is 24.4 Å². The zero-order chi connectivity index (χ0) is 17.5. The van der Waals surface area contributed by atoms with Crippen LogP contribution < -0.4 is 14.8 Å². The highest BCUT2D eigenvalue weighted by Crippen LogP contribution is 2.26. The second kappa shape index (κ2) is 8.87. The second-order valence-corrected chi connectivity index (χ2v) is 6.86. The Bertz CT molecular complexity index is 652. The summed E-state index contributed by atoms with van der Waals surface area (Å²) in [5, 5.41) is 7.27. The van der Waals surface area contributed by atoms with Crippen LogP contribution in [0.3, 0.4) is 0 Å². The van der Waals surface area contributed by atoms with Gasteiger partial charge in [-0.25, -0.2) is 0 Å². The van der Waals surface area contributed by atoms with Crippen LogP contribution in [0.4, 0.5) is 0 Å². The molecule has 1 amide bonds. The zero-order valence-electron chi connectivity index (χ0n) is 14.4. The van der Waals surface area contributed by atoms with Crippen molar-refractivity contribution in [1.29, 1.82) is 0 Å². The van der Waals surface area contributed by atoms with E-state index in [0.717, 1.165) is 18.8 Å². The molecule has 0 unspecified atom stereocenters. The number of carbonyl (C=O) groups is 1. The Labute approximate surface area is 152 Å². The van der Waals surface area contributed by atoms with Crippen molar-refractivity contribution in [2.45, 2.75) is 18.9 Å². The number of ether oxygens (including phenoxy) is 2. The van der Waals surface area contributed by atoms with Gasteiger partial charge in [-0.2, -0.15) is 11.3 Å². The highest BCUT2D eigenvalue weighted by molar-refractivity contribution is 7.07. The molecule has 0 saturated carbocycles. The number of rotatable bonds is 8. The summed E-state index contributed by atoms with van der Waals surface area (Å²) in [6, 6.07) is 9.61. The molecular formula is C19H24N2O3S. The van der Waals surface area contributed by atoms with Gasteiger partial charge in [-0.3, -0.25) is 9.69 Å². The fourth-order valence-corrected chi connectivity index (χ4v) is 3.77. The monoisotopic (exact) mass is 360 g/mol. The van der Waals surface area contributed by atoms with Crippen molar-refractivity contribution in [3.63, 3.8) is 0 Å². The third-order valence-corrected chi connectivity index (χ3v) is 5.13. The maximum absolute atomic E-state index is 12.2. The predicted octanol–water partition coefficient (Wildman–Crippen LogP) is 3.09. The van der Waals surface area contributed by atoms with Gasteiger partial charge in [0.25, 0.3) is 5.91 Å². The molecule has 6 heteroatoms. The van der Waals surface area contributed by atoms with Crippen molar-refractivity contribution >= 4 is 17.2 Å². The average molecular weight is 360 g/mol. The van der Waals surface area contributed by atoms with Gasteiger partial charge >= 0.3 is 0 Å². The molecule has 1 aliphatic heterocycles. The Balaban J connectivity index is 1.49. The number of benzene rings is 1. The van der Waals surface area contributed by atoms with E-state index in [2.05, 4.69) is 27.0 Å². The lowest BCUT2D eigenvalue weighted by Gasteiger charge is -2.27. The van der Waals surface area contributed by atoms with Gasteiger partial charge in [0.15, 0.2) is 6.61 Å². The lowest BCUT2D eigenvalue weighted by molar-refractivity contribution is -0.123. The highest BCUT2D eigenvalue weighted by atomic mass is 32.1. The number of amides is 1. The SMILES string of the molecule is COc1ccc(OCC(=O)NC[C@@H](c2ccsc2)N2CCCC2)cc1. The van der Waals surface area contributed by atoms with E-state index in [1.165, 1.54) is 18.4 Å². The third-order valence-electron chi connectivity index (χ3n) is 4.43. The van der Waals surface area contributed by atoms with Crippen LogP contribution in [-0.4, -0.2) is 44.2 Å². The van der Waals surface area contributed by atoms with Crippen molar-refractivity contribution in [2.75, 3.05) is 33.4 Å². The van der Waals surface area contributed by atoms with Gasteiger partial charge in [-0.1, -0.05) is 0 Å². The van der Waals surface area contributed by atoms with Gasteiger partial charge < -0.3 is 14.8 Å². The number of nitrogens with zero attached hydrogens (tertiary/aromatic N) is 1. The third kappa shape index (κ3) is 4.96. The molecule has 1 aromatic heterocycles. The first kappa shape index (κ1) is 17.8. The summed E-state index contributed by atoms with van der Waals surface area (Å²) in [4.78, 5) is 14.6. The van der Waals surface area contributed by atoms with Gasteiger partial charge in [-0.05, 0) is 72.6 Å². The normalized spacial score (nSPS) is 15.7. The van der Waals surface area contributed by atoms with E-state index in [4.69, 9.17) is 9.47 Å². The molecule has 1 saturated heterocycles. The zero-order valence-corrected chi connectivity index (χ0v) is 15.3. The van der Waals surface area contributed by atoms with Crippen LogP contribution in [0.5, 0.6) is 11.5 Å². The standard InChI is InChI=1S/C19H24N2O3S/c1-23-16-4-6-17(7-5-16)24-13-19(22)20-12-18(15-8-11-25-14-15)21-9-2-3-10-21/h4-8,11,14,18H,2-3,9-10,12-13H2,1H3,(H,20,22)/t18-/m0/s1. The summed E-state index contributed by atoms with van der Waals surface area (Å²) >= 11 is 1.70. The number of hydrogen-bond donors (Lipinski definition) is 1. The van der Waals surface area contributed by atoms with Crippen LogP contribution >= 0.6 is 11.3 Å². The van der Waals surface area contributed by atoms with Crippen molar-refractivity contribution in [3.8, 4) is 11.5 Å². The first-order chi connectivity index (χ1) is 12.3. The minimum atomic E-state index is -0.102. The molecule has 2 aromatic rings.